The molecule has 0 aliphatic carbocycles. The molecule has 0 fully saturated rings. The molecule has 2 aromatic rings. The highest BCUT2D eigenvalue weighted by Crippen LogP contribution is 2.26. The Morgan fingerprint density at radius 3 is 2.73 bits per heavy atom. The molecule has 7 heteroatoms. The number of benzene rings is 1. The fourth-order valence-electron chi connectivity index (χ4n) is 1.88. The van der Waals surface area contributed by atoms with Crippen LogP contribution in [0.4, 0.5) is 4.79 Å². The molecule has 22 heavy (non-hydrogen) atoms. The van der Waals surface area contributed by atoms with Crippen LogP contribution in [-0.2, 0) is 4.74 Å². The molecule has 0 bridgehead atoms. The molecule has 1 heterocycles. The van der Waals surface area contributed by atoms with Gasteiger partial charge in [-0.25, -0.2) is 4.79 Å². The second kappa shape index (κ2) is 6.46. The minimum atomic E-state index is -0.572. The summed E-state index contributed by atoms with van der Waals surface area (Å²) in [5.74, 6) is 0. The van der Waals surface area contributed by atoms with Crippen molar-refractivity contribution in [3.63, 3.8) is 0 Å². The van der Waals surface area contributed by atoms with Gasteiger partial charge in [0.2, 0.25) is 0 Å². The van der Waals surface area contributed by atoms with Crippen molar-refractivity contribution < 1.29 is 9.53 Å². The van der Waals surface area contributed by atoms with E-state index in [0.717, 1.165) is 5.39 Å². The summed E-state index contributed by atoms with van der Waals surface area (Å²) in [6.07, 6.45) is -0.534. The van der Waals surface area contributed by atoms with Crippen LogP contribution >= 0.6 is 11.6 Å². The number of rotatable bonds is 3. The minimum absolute atomic E-state index is 0.154. The second-order valence-corrected chi connectivity index (χ2v) is 6.28. The standard InChI is InChI=1S/C15H19ClN4O2/c1-15(2,3)22-14(21)18-8-10(17)13-12(16)9-6-4-5-7-11(9)19-20-13/h4-7,10H,8,17H2,1-3H3,(H,18,21). The molecular weight excluding hydrogens is 304 g/mol. The Labute approximate surface area is 134 Å². The van der Waals surface area contributed by atoms with Gasteiger partial charge in [-0.1, -0.05) is 29.8 Å². The molecule has 0 aliphatic heterocycles. The number of amides is 1. The molecule has 1 unspecified atom stereocenters. The molecule has 0 aliphatic rings. The number of fused-ring (bicyclic) bond motifs is 1. The first-order valence-corrected chi connectivity index (χ1v) is 7.29. The van der Waals surface area contributed by atoms with Crippen LogP contribution in [0.15, 0.2) is 24.3 Å². The van der Waals surface area contributed by atoms with E-state index in [1.807, 2.05) is 24.3 Å². The summed E-state index contributed by atoms with van der Waals surface area (Å²) < 4.78 is 5.15. The van der Waals surface area contributed by atoms with E-state index in [4.69, 9.17) is 22.1 Å². The van der Waals surface area contributed by atoms with Crippen LogP contribution in [0.25, 0.3) is 10.9 Å². The number of nitrogens with two attached hydrogens (primary N) is 1. The van der Waals surface area contributed by atoms with E-state index >= 15 is 0 Å². The van der Waals surface area contributed by atoms with E-state index in [9.17, 15) is 4.79 Å². The summed E-state index contributed by atoms with van der Waals surface area (Å²) in [6, 6.07) is 6.82. The van der Waals surface area contributed by atoms with E-state index in [-0.39, 0.29) is 6.54 Å². The van der Waals surface area contributed by atoms with Gasteiger partial charge >= 0.3 is 6.09 Å². The highest BCUT2D eigenvalue weighted by Gasteiger charge is 2.19. The van der Waals surface area contributed by atoms with E-state index in [1.165, 1.54) is 0 Å². The normalized spacial score (nSPS) is 13.0. The summed E-state index contributed by atoms with van der Waals surface area (Å²) in [6.45, 7) is 5.52. The van der Waals surface area contributed by atoms with Gasteiger partial charge in [-0.3, -0.25) is 0 Å². The maximum Gasteiger partial charge on any atom is 0.407 e. The van der Waals surface area contributed by atoms with Gasteiger partial charge in [-0.15, -0.1) is 0 Å². The summed E-state index contributed by atoms with van der Waals surface area (Å²) in [5, 5.41) is 12.0. The monoisotopic (exact) mass is 322 g/mol. The molecule has 6 nitrogen and oxygen atoms in total. The number of nitrogens with one attached hydrogen (secondary N) is 1. The third kappa shape index (κ3) is 4.05. The fraction of sp³-hybridized carbons (Fsp3) is 0.400. The number of carbonyl (C=O) groups excluding carboxylic acids is 1. The number of aromatic nitrogens is 2. The molecule has 1 atom stereocenters. The number of carbonyl (C=O) groups is 1. The molecule has 1 aromatic heterocycles. The Balaban J connectivity index is 2.08. The molecule has 3 N–H and O–H groups in total. The van der Waals surface area contributed by atoms with Crippen LogP contribution in [0.3, 0.4) is 0 Å². The number of alkyl carbamates (subject to hydrolysis) is 1. The van der Waals surface area contributed by atoms with Crippen LogP contribution in [0.1, 0.15) is 32.5 Å². The molecule has 0 spiro atoms. The van der Waals surface area contributed by atoms with Gasteiger partial charge in [-0.05, 0) is 26.8 Å². The lowest BCUT2D eigenvalue weighted by Gasteiger charge is -2.20. The molecule has 2 rings (SSSR count). The minimum Gasteiger partial charge on any atom is -0.444 e. The maximum atomic E-state index is 11.6. The predicted octanol–water partition coefficient (Wildman–Crippen LogP) is 2.81. The van der Waals surface area contributed by atoms with Crippen LogP contribution in [0, 0.1) is 0 Å². The molecule has 118 valence electrons. The lowest BCUT2D eigenvalue weighted by molar-refractivity contribution is 0.0524. The summed E-state index contributed by atoms with van der Waals surface area (Å²) in [4.78, 5) is 11.6. The van der Waals surface area contributed by atoms with Gasteiger partial charge in [0.15, 0.2) is 0 Å². The lowest BCUT2D eigenvalue weighted by atomic mass is 10.1. The van der Waals surface area contributed by atoms with Crippen molar-refractivity contribution >= 4 is 28.6 Å². The Kier molecular flexibility index (Phi) is 4.83. The zero-order valence-corrected chi connectivity index (χ0v) is 13.5. The van der Waals surface area contributed by atoms with Crippen molar-refractivity contribution in [3.8, 4) is 0 Å². The van der Waals surface area contributed by atoms with Gasteiger partial charge in [-0.2, -0.15) is 10.2 Å². The largest absolute Gasteiger partial charge is 0.444 e. The predicted molar refractivity (Wildman–Crippen MR) is 85.7 cm³/mol. The number of nitrogens with zero attached hydrogens (tertiary/aromatic N) is 2. The van der Waals surface area contributed by atoms with E-state index in [0.29, 0.717) is 16.2 Å². The topological polar surface area (TPSA) is 90.1 Å². The second-order valence-electron chi connectivity index (χ2n) is 5.91. The lowest BCUT2D eigenvalue weighted by Crippen LogP contribution is -2.37. The van der Waals surface area contributed by atoms with Gasteiger partial charge < -0.3 is 15.8 Å². The van der Waals surface area contributed by atoms with Crippen LogP contribution in [0.2, 0.25) is 5.02 Å². The van der Waals surface area contributed by atoms with Gasteiger partial charge in [0, 0.05) is 11.9 Å². The van der Waals surface area contributed by atoms with Crippen molar-refractivity contribution in [1.29, 1.82) is 0 Å². The Morgan fingerprint density at radius 2 is 2.05 bits per heavy atom. The van der Waals surface area contributed by atoms with Crippen LogP contribution < -0.4 is 11.1 Å². The molecule has 0 radical (unpaired) electrons. The summed E-state index contributed by atoms with van der Waals surface area (Å²) >= 11 is 6.33. The number of ether oxygens (including phenoxy) is 1. The highest BCUT2D eigenvalue weighted by molar-refractivity contribution is 6.35. The van der Waals surface area contributed by atoms with Crippen molar-refractivity contribution in [2.24, 2.45) is 5.73 Å². The van der Waals surface area contributed by atoms with Crippen LogP contribution in [-0.4, -0.2) is 28.4 Å². The molecule has 1 amide bonds. The highest BCUT2D eigenvalue weighted by atomic mass is 35.5. The van der Waals surface area contributed by atoms with Gasteiger partial charge in [0.25, 0.3) is 0 Å². The summed E-state index contributed by atoms with van der Waals surface area (Å²) in [7, 11) is 0. The number of hydrogen-bond acceptors (Lipinski definition) is 5. The van der Waals surface area contributed by atoms with Gasteiger partial charge in [0.1, 0.15) is 11.3 Å². The zero-order valence-electron chi connectivity index (χ0n) is 12.8. The third-order valence-electron chi connectivity index (χ3n) is 2.85. The number of halogens is 1. The first kappa shape index (κ1) is 16.5. The summed E-state index contributed by atoms with van der Waals surface area (Å²) in [5.41, 5.74) is 6.62. The van der Waals surface area contributed by atoms with E-state index < -0.39 is 17.7 Å². The fourth-order valence-corrected chi connectivity index (χ4v) is 2.21. The van der Waals surface area contributed by atoms with Crippen molar-refractivity contribution in [2.75, 3.05) is 6.54 Å². The Hall–Kier alpha value is -1.92. The molecular formula is C15H19ClN4O2. The Bertz CT molecular complexity index is 685. The van der Waals surface area contributed by atoms with Crippen LogP contribution in [0.5, 0.6) is 0 Å². The first-order chi connectivity index (χ1) is 10.3. The van der Waals surface area contributed by atoms with E-state index in [1.54, 1.807) is 20.8 Å². The zero-order chi connectivity index (χ0) is 16.3. The molecule has 1 aromatic carbocycles. The molecule has 0 saturated carbocycles. The Morgan fingerprint density at radius 1 is 1.36 bits per heavy atom. The third-order valence-corrected chi connectivity index (χ3v) is 3.24. The van der Waals surface area contributed by atoms with Crippen molar-refractivity contribution in [3.05, 3.63) is 35.0 Å². The average Bonchev–Trinajstić information content (AvgIpc) is 2.44. The van der Waals surface area contributed by atoms with Gasteiger partial charge in [0.05, 0.1) is 16.6 Å². The smallest absolute Gasteiger partial charge is 0.407 e. The van der Waals surface area contributed by atoms with E-state index in [2.05, 4.69) is 15.5 Å². The average molecular weight is 323 g/mol. The maximum absolute atomic E-state index is 11.6. The molecule has 0 saturated heterocycles. The first-order valence-electron chi connectivity index (χ1n) is 6.91. The quantitative estimate of drug-likeness (QED) is 0.906. The number of hydrogen-bond donors (Lipinski definition) is 2. The van der Waals surface area contributed by atoms with Crippen molar-refractivity contribution in [1.82, 2.24) is 15.5 Å². The SMILES string of the molecule is CC(C)(C)OC(=O)NCC(N)c1nnc2ccccc2c1Cl. The van der Waals surface area contributed by atoms with Crippen molar-refractivity contribution in [2.45, 2.75) is 32.4 Å².